The Balaban J connectivity index is 1.76. The summed E-state index contributed by atoms with van der Waals surface area (Å²) in [7, 11) is 0. The average Bonchev–Trinajstić information content (AvgIpc) is 2.40. The predicted octanol–water partition coefficient (Wildman–Crippen LogP) is 2.06. The van der Waals surface area contributed by atoms with Crippen molar-refractivity contribution >= 4 is 11.8 Å². The molecule has 1 heterocycles. The van der Waals surface area contributed by atoms with Gasteiger partial charge in [-0.25, -0.2) is 9.78 Å². The molecule has 1 aromatic heterocycles. The monoisotopic (exact) mass is 263 g/mol. The molecule has 2 amide bonds. The maximum absolute atomic E-state index is 11.7. The molecule has 2 atom stereocenters. The average molecular weight is 263 g/mol. The molecule has 0 aromatic carbocycles. The number of rotatable bonds is 3. The third-order valence-corrected chi connectivity index (χ3v) is 3.55. The summed E-state index contributed by atoms with van der Waals surface area (Å²) in [6.07, 6.45) is 5.45. The fourth-order valence-electron chi connectivity index (χ4n) is 2.35. The summed E-state index contributed by atoms with van der Waals surface area (Å²) < 4.78 is 0. The van der Waals surface area contributed by atoms with Crippen molar-refractivity contribution in [1.29, 1.82) is 0 Å². The molecule has 0 spiro atoms. The van der Waals surface area contributed by atoms with Crippen molar-refractivity contribution in [2.45, 2.75) is 38.7 Å². The number of aryl methyl sites for hydroxylation is 1. The van der Waals surface area contributed by atoms with E-state index in [1.165, 1.54) is 0 Å². The fraction of sp³-hybridized carbons (Fsp3) is 0.571. The second-order valence-corrected chi connectivity index (χ2v) is 5.17. The largest absolute Gasteiger partial charge is 0.393 e. The normalized spacial score (nSPS) is 22.8. The lowest BCUT2D eigenvalue weighted by Crippen LogP contribution is -2.38. The highest BCUT2D eigenvalue weighted by Gasteiger charge is 2.23. The molecule has 1 fully saturated rings. The molecule has 5 nitrogen and oxygen atoms in total. The van der Waals surface area contributed by atoms with E-state index < -0.39 is 0 Å². The van der Waals surface area contributed by atoms with Gasteiger partial charge in [0.05, 0.1) is 6.10 Å². The summed E-state index contributed by atoms with van der Waals surface area (Å²) in [6.45, 7) is 2.46. The molecule has 1 aromatic rings. The number of aromatic nitrogens is 1. The Morgan fingerprint density at radius 2 is 2.21 bits per heavy atom. The van der Waals surface area contributed by atoms with Crippen molar-refractivity contribution < 1.29 is 9.90 Å². The minimum absolute atomic E-state index is 0.172. The van der Waals surface area contributed by atoms with Gasteiger partial charge in [-0.3, -0.25) is 5.32 Å². The maximum atomic E-state index is 11.7. The van der Waals surface area contributed by atoms with Crippen LogP contribution in [-0.2, 0) is 0 Å². The van der Waals surface area contributed by atoms with Gasteiger partial charge in [-0.15, -0.1) is 0 Å². The van der Waals surface area contributed by atoms with Crippen LogP contribution in [0.5, 0.6) is 0 Å². The number of anilines is 1. The first-order chi connectivity index (χ1) is 9.15. The first-order valence-corrected chi connectivity index (χ1v) is 6.81. The molecule has 0 radical (unpaired) electrons. The number of nitrogens with zero attached hydrogens (tertiary/aromatic N) is 1. The van der Waals surface area contributed by atoms with Gasteiger partial charge in [0.1, 0.15) is 5.82 Å². The van der Waals surface area contributed by atoms with E-state index in [1.807, 2.05) is 13.0 Å². The molecule has 1 aliphatic rings. The Bertz CT molecular complexity index is 419. The highest BCUT2D eigenvalue weighted by atomic mass is 16.3. The quantitative estimate of drug-likeness (QED) is 0.781. The molecule has 0 unspecified atom stereocenters. The molecule has 0 saturated heterocycles. The summed E-state index contributed by atoms with van der Waals surface area (Å²) in [5.74, 6) is 0.706. The number of carbonyl (C=O) groups is 1. The summed E-state index contributed by atoms with van der Waals surface area (Å²) >= 11 is 0. The molecular formula is C14H21N3O2. The van der Waals surface area contributed by atoms with Crippen molar-refractivity contribution in [2.75, 3.05) is 11.9 Å². The molecular weight excluding hydrogens is 242 g/mol. The molecule has 2 rings (SSSR count). The number of urea groups is 1. The number of hydrogen-bond acceptors (Lipinski definition) is 3. The molecule has 3 N–H and O–H groups in total. The number of nitrogens with one attached hydrogen (secondary N) is 2. The standard InChI is InChI=1S/C14H21N3O2/c1-10-6-7-13(15-8-10)17-14(19)16-9-11-4-2-3-5-12(11)18/h6-8,11-12,18H,2-5,9H2,1H3,(H2,15,16,17,19)/t11-,12-/m0/s1. The zero-order chi connectivity index (χ0) is 13.7. The molecule has 19 heavy (non-hydrogen) atoms. The Labute approximate surface area is 113 Å². The Morgan fingerprint density at radius 1 is 1.42 bits per heavy atom. The molecule has 0 bridgehead atoms. The van der Waals surface area contributed by atoms with Crippen molar-refractivity contribution in [3.63, 3.8) is 0 Å². The van der Waals surface area contributed by atoms with E-state index in [4.69, 9.17) is 0 Å². The van der Waals surface area contributed by atoms with E-state index in [9.17, 15) is 9.90 Å². The maximum Gasteiger partial charge on any atom is 0.320 e. The van der Waals surface area contributed by atoms with Crippen LogP contribution >= 0.6 is 0 Å². The van der Waals surface area contributed by atoms with E-state index in [-0.39, 0.29) is 18.1 Å². The van der Waals surface area contributed by atoms with E-state index in [1.54, 1.807) is 12.3 Å². The third kappa shape index (κ3) is 4.21. The number of aliphatic hydroxyl groups is 1. The molecule has 1 aliphatic carbocycles. The second-order valence-electron chi connectivity index (χ2n) is 5.17. The van der Waals surface area contributed by atoms with Crippen LogP contribution in [0.2, 0.25) is 0 Å². The van der Waals surface area contributed by atoms with E-state index >= 15 is 0 Å². The first-order valence-electron chi connectivity index (χ1n) is 6.81. The third-order valence-electron chi connectivity index (χ3n) is 3.55. The van der Waals surface area contributed by atoms with Crippen molar-refractivity contribution in [1.82, 2.24) is 10.3 Å². The first kappa shape index (κ1) is 13.8. The van der Waals surface area contributed by atoms with E-state index in [0.29, 0.717) is 12.4 Å². The number of amides is 2. The van der Waals surface area contributed by atoms with Crippen molar-refractivity contribution in [3.8, 4) is 0 Å². The van der Waals surface area contributed by atoms with Gasteiger partial charge >= 0.3 is 6.03 Å². The van der Waals surface area contributed by atoms with E-state index in [0.717, 1.165) is 31.2 Å². The minimum atomic E-state index is -0.286. The number of hydrogen-bond donors (Lipinski definition) is 3. The van der Waals surface area contributed by atoms with Crippen LogP contribution in [-0.4, -0.2) is 28.8 Å². The zero-order valence-corrected chi connectivity index (χ0v) is 11.2. The summed E-state index contributed by atoms with van der Waals surface area (Å²) in [6, 6.07) is 3.40. The van der Waals surface area contributed by atoms with Gasteiger partial charge in [0.2, 0.25) is 0 Å². The highest BCUT2D eigenvalue weighted by molar-refractivity contribution is 5.88. The van der Waals surface area contributed by atoms with Crippen LogP contribution in [0.3, 0.4) is 0 Å². The van der Waals surface area contributed by atoms with Gasteiger partial charge in [0, 0.05) is 18.7 Å². The van der Waals surface area contributed by atoms with Crippen LogP contribution in [0.15, 0.2) is 18.3 Å². The zero-order valence-electron chi connectivity index (χ0n) is 11.2. The lowest BCUT2D eigenvalue weighted by Gasteiger charge is -2.27. The van der Waals surface area contributed by atoms with Gasteiger partial charge in [0.25, 0.3) is 0 Å². The van der Waals surface area contributed by atoms with Gasteiger partial charge < -0.3 is 10.4 Å². The van der Waals surface area contributed by atoms with Crippen molar-refractivity contribution in [2.24, 2.45) is 5.92 Å². The number of aliphatic hydroxyl groups excluding tert-OH is 1. The fourth-order valence-corrected chi connectivity index (χ4v) is 2.35. The topological polar surface area (TPSA) is 74.2 Å². The number of pyridine rings is 1. The lowest BCUT2D eigenvalue weighted by molar-refractivity contribution is 0.0711. The number of carbonyl (C=O) groups excluding carboxylic acids is 1. The molecule has 5 heteroatoms. The SMILES string of the molecule is Cc1ccc(NC(=O)NC[C@@H]2CCCC[C@@H]2O)nc1. The molecule has 104 valence electrons. The second kappa shape index (κ2) is 6.52. The van der Waals surface area contributed by atoms with Crippen LogP contribution < -0.4 is 10.6 Å². The van der Waals surface area contributed by atoms with Crippen LogP contribution in [0.25, 0.3) is 0 Å². The Morgan fingerprint density at radius 3 is 2.89 bits per heavy atom. The summed E-state index contributed by atoms with van der Waals surface area (Å²) in [4.78, 5) is 15.8. The van der Waals surface area contributed by atoms with Gasteiger partial charge in [0.15, 0.2) is 0 Å². The Hall–Kier alpha value is -1.62. The molecule has 1 saturated carbocycles. The Kier molecular flexibility index (Phi) is 4.74. The lowest BCUT2D eigenvalue weighted by atomic mass is 9.86. The van der Waals surface area contributed by atoms with E-state index in [2.05, 4.69) is 15.6 Å². The summed E-state index contributed by atoms with van der Waals surface area (Å²) in [5, 5.41) is 15.3. The van der Waals surface area contributed by atoms with Crippen molar-refractivity contribution in [3.05, 3.63) is 23.9 Å². The van der Waals surface area contributed by atoms with Gasteiger partial charge in [-0.05, 0) is 31.4 Å². The van der Waals surface area contributed by atoms with Crippen LogP contribution in [0.4, 0.5) is 10.6 Å². The highest BCUT2D eigenvalue weighted by Crippen LogP contribution is 2.23. The van der Waals surface area contributed by atoms with Crippen LogP contribution in [0, 0.1) is 12.8 Å². The predicted molar refractivity (Wildman–Crippen MR) is 74.0 cm³/mol. The minimum Gasteiger partial charge on any atom is -0.393 e. The van der Waals surface area contributed by atoms with Gasteiger partial charge in [-0.1, -0.05) is 18.9 Å². The molecule has 0 aliphatic heterocycles. The van der Waals surface area contributed by atoms with Crippen LogP contribution in [0.1, 0.15) is 31.2 Å². The summed E-state index contributed by atoms with van der Waals surface area (Å²) in [5.41, 5.74) is 1.05. The van der Waals surface area contributed by atoms with Gasteiger partial charge in [-0.2, -0.15) is 0 Å². The smallest absolute Gasteiger partial charge is 0.320 e.